The summed E-state index contributed by atoms with van der Waals surface area (Å²) in [7, 11) is 3.70. The van der Waals surface area contributed by atoms with Gasteiger partial charge >= 0.3 is 0 Å². The summed E-state index contributed by atoms with van der Waals surface area (Å²) in [5, 5.41) is 9.01. The van der Waals surface area contributed by atoms with E-state index in [2.05, 4.69) is 30.4 Å². The number of likely N-dealkylation sites (N-methyl/N-ethyl adjacent to an activating group) is 1. The molecule has 154 valence electrons. The quantitative estimate of drug-likeness (QED) is 0.632. The molecule has 0 unspecified atom stereocenters. The van der Waals surface area contributed by atoms with Crippen LogP contribution in [0.3, 0.4) is 0 Å². The molecule has 3 rings (SSSR count). The Morgan fingerprint density at radius 1 is 1.26 bits per heavy atom. The number of rotatable bonds is 5. The highest BCUT2D eigenvalue weighted by Gasteiger charge is 2.31. The van der Waals surface area contributed by atoms with Crippen molar-refractivity contribution in [3.05, 3.63) is 17.7 Å². The second-order valence-electron chi connectivity index (χ2n) is 6.87. The molecule has 0 radical (unpaired) electrons. The summed E-state index contributed by atoms with van der Waals surface area (Å²) in [6.45, 7) is 3.24. The first kappa shape index (κ1) is 23.7. The zero-order valence-electron chi connectivity index (χ0n) is 15.9. The van der Waals surface area contributed by atoms with Crippen molar-refractivity contribution in [2.75, 3.05) is 33.7 Å². The zero-order chi connectivity index (χ0) is 17.8. The van der Waals surface area contributed by atoms with Crippen molar-refractivity contribution >= 4 is 36.6 Å². The predicted molar refractivity (Wildman–Crippen MR) is 109 cm³/mol. The van der Waals surface area contributed by atoms with Crippen LogP contribution in [0.1, 0.15) is 35.6 Å². The highest BCUT2D eigenvalue weighted by atomic mass is 35.5. The summed E-state index contributed by atoms with van der Waals surface area (Å²) in [6.07, 6.45) is 5.18. The van der Waals surface area contributed by atoms with Crippen molar-refractivity contribution in [1.82, 2.24) is 30.4 Å². The number of hydrogen-bond acceptors (Lipinski definition) is 5. The number of nitrogens with one attached hydrogen (secondary N) is 3. The van der Waals surface area contributed by atoms with Gasteiger partial charge in [-0.1, -0.05) is 0 Å². The van der Waals surface area contributed by atoms with E-state index in [1.54, 1.807) is 7.05 Å². The average Bonchev–Trinajstić information content (AvgIpc) is 3.09. The van der Waals surface area contributed by atoms with E-state index in [9.17, 15) is 9.59 Å². The molecule has 1 aromatic rings. The van der Waals surface area contributed by atoms with Crippen molar-refractivity contribution in [2.45, 2.75) is 44.3 Å². The third-order valence-corrected chi connectivity index (χ3v) is 5.33. The third-order valence-electron chi connectivity index (χ3n) is 5.33. The highest BCUT2D eigenvalue weighted by Crippen LogP contribution is 2.24. The number of aromatic nitrogens is 2. The maximum atomic E-state index is 12.4. The summed E-state index contributed by atoms with van der Waals surface area (Å²) in [6, 6.07) is 0.515. The summed E-state index contributed by atoms with van der Waals surface area (Å²) >= 11 is 0. The van der Waals surface area contributed by atoms with Crippen LogP contribution in [-0.2, 0) is 17.8 Å². The van der Waals surface area contributed by atoms with Gasteiger partial charge in [-0.05, 0) is 19.9 Å². The zero-order valence-corrected chi connectivity index (χ0v) is 17.5. The molecule has 27 heavy (non-hydrogen) atoms. The lowest BCUT2D eigenvalue weighted by molar-refractivity contribution is -0.121. The molecule has 0 aliphatic carbocycles. The monoisotopic (exact) mass is 420 g/mol. The van der Waals surface area contributed by atoms with E-state index in [1.807, 2.05) is 13.2 Å². The fraction of sp³-hybridized carbons (Fsp3) is 0.706. The molecule has 2 aliphatic heterocycles. The highest BCUT2D eigenvalue weighted by molar-refractivity contribution is 5.92. The predicted octanol–water partition coefficient (Wildman–Crippen LogP) is 0.201. The van der Waals surface area contributed by atoms with Crippen LogP contribution in [0.25, 0.3) is 0 Å². The van der Waals surface area contributed by atoms with Crippen molar-refractivity contribution in [2.24, 2.45) is 0 Å². The summed E-state index contributed by atoms with van der Waals surface area (Å²) < 4.78 is 2.07. The second kappa shape index (κ2) is 10.8. The van der Waals surface area contributed by atoms with Gasteiger partial charge in [0.2, 0.25) is 5.91 Å². The SMILES string of the molecule is CNC(=O)C[C@H]1CC[C@@H](CNC(=O)c2cn3c(n2)CCNCC3)N1C.Cl.Cl. The Balaban J connectivity index is 0.00000182. The molecule has 10 heteroatoms. The minimum atomic E-state index is -0.114. The van der Waals surface area contributed by atoms with E-state index < -0.39 is 0 Å². The number of hydrogen-bond donors (Lipinski definition) is 3. The largest absolute Gasteiger partial charge is 0.359 e. The molecular weight excluding hydrogens is 391 g/mol. The standard InChI is InChI=1S/C17H28N6O2.2ClH/c1-18-16(24)9-12-3-4-13(22(12)2)10-20-17(25)14-11-23-8-7-19-6-5-15(23)21-14;;/h11-13,19H,3-10H2,1-2H3,(H,18,24)(H,20,25);2*1H/t12-,13+;;/m1../s1. The van der Waals surface area contributed by atoms with Gasteiger partial charge in [-0.15, -0.1) is 24.8 Å². The van der Waals surface area contributed by atoms with E-state index in [1.165, 1.54) is 0 Å². The van der Waals surface area contributed by atoms with Gasteiger partial charge in [-0.3, -0.25) is 14.5 Å². The molecule has 3 heterocycles. The lowest BCUT2D eigenvalue weighted by atomic mass is 10.1. The van der Waals surface area contributed by atoms with E-state index in [4.69, 9.17) is 0 Å². The Hall–Kier alpha value is -1.35. The fourth-order valence-electron chi connectivity index (χ4n) is 3.68. The number of likely N-dealkylation sites (tertiary alicyclic amines) is 1. The summed E-state index contributed by atoms with van der Waals surface area (Å²) in [5.74, 6) is 0.922. The molecule has 2 amide bonds. The number of fused-ring (bicyclic) bond motifs is 1. The number of amides is 2. The van der Waals surface area contributed by atoms with Gasteiger partial charge in [0.1, 0.15) is 11.5 Å². The Morgan fingerprint density at radius 2 is 2.00 bits per heavy atom. The maximum Gasteiger partial charge on any atom is 0.271 e. The molecular formula is C17H30Cl2N6O2. The summed E-state index contributed by atoms with van der Waals surface area (Å²) in [5.41, 5.74) is 0.500. The normalized spacial score (nSPS) is 22.0. The van der Waals surface area contributed by atoms with Crippen LogP contribution in [0.5, 0.6) is 0 Å². The molecule has 2 atom stereocenters. The topological polar surface area (TPSA) is 91.3 Å². The number of carbonyl (C=O) groups excluding carboxylic acids is 2. The van der Waals surface area contributed by atoms with Crippen LogP contribution in [0.4, 0.5) is 0 Å². The molecule has 3 N–H and O–H groups in total. The van der Waals surface area contributed by atoms with Gasteiger partial charge < -0.3 is 20.5 Å². The average molecular weight is 421 g/mol. The Morgan fingerprint density at radius 3 is 2.74 bits per heavy atom. The van der Waals surface area contributed by atoms with E-state index in [-0.39, 0.29) is 48.7 Å². The van der Waals surface area contributed by atoms with Crippen molar-refractivity contribution in [1.29, 1.82) is 0 Å². The molecule has 0 saturated carbocycles. The first-order chi connectivity index (χ1) is 12.1. The Kier molecular flexibility index (Phi) is 9.52. The van der Waals surface area contributed by atoms with Crippen LogP contribution in [0, 0.1) is 0 Å². The Labute approximate surface area is 172 Å². The fourth-order valence-corrected chi connectivity index (χ4v) is 3.68. The van der Waals surface area contributed by atoms with Gasteiger partial charge in [0.05, 0.1) is 0 Å². The maximum absolute atomic E-state index is 12.4. The number of halogens is 2. The van der Waals surface area contributed by atoms with Crippen LogP contribution in [0.2, 0.25) is 0 Å². The van der Waals surface area contributed by atoms with Gasteiger partial charge in [-0.25, -0.2) is 4.98 Å². The smallest absolute Gasteiger partial charge is 0.271 e. The minimum absolute atomic E-state index is 0. The first-order valence-corrected chi connectivity index (χ1v) is 9.06. The van der Waals surface area contributed by atoms with Crippen LogP contribution < -0.4 is 16.0 Å². The molecule has 0 spiro atoms. The summed E-state index contributed by atoms with van der Waals surface area (Å²) in [4.78, 5) is 30.7. The van der Waals surface area contributed by atoms with E-state index in [0.717, 1.165) is 44.7 Å². The molecule has 1 fully saturated rings. The van der Waals surface area contributed by atoms with E-state index in [0.29, 0.717) is 18.7 Å². The van der Waals surface area contributed by atoms with Crippen molar-refractivity contribution in [3.8, 4) is 0 Å². The number of carbonyl (C=O) groups is 2. The molecule has 2 aliphatic rings. The molecule has 8 nitrogen and oxygen atoms in total. The first-order valence-electron chi connectivity index (χ1n) is 9.06. The molecule has 1 aromatic heterocycles. The van der Waals surface area contributed by atoms with Crippen LogP contribution >= 0.6 is 24.8 Å². The van der Waals surface area contributed by atoms with Crippen molar-refractivity contribution < 1.29 is 9.59 Å². The second-order valence-corrected chi connectivity index (χ2v) is 6.87. The lowest BCUT2D eigenvalue weighted by Gasteiger charge is -2.25. The Bertz CT molecular complexity index is 615. The number of nitrogens with zero attached hydrogens (tertiary/aromatic N) is 3. The van der Waals surface area contributed by atoms with Gasteiger partial charge in [0.25, 0.3) is 5.91 Å². The van der Waals surface area contributed by atoms with E-state index >= 15 is 0 Å². The molecule has 0 aromatic carbocycles. The van der Waals surface area contributed by atoms with Crippen molar-refractivity contribution in [3.63, 3.8) is 0 Å². The van der Waals surface area contributed by atoms with Crippen LogP contribution in [-0.4, -0.2) is 72.1 Å². The molecule has 1 saturated heterocycles. The number of imidazole rings is 1. The van der Waals surface area contributed by atoms with Gasteiger partial charge in [-0.2, -0.15) is 0 Å². The third kappa shape index (κ3) is 5.81. The molecule has 0 bridgehead atoms. The minimum Gasteiger partial charge on any atom is -0.359 e. The van der Waals surface area contributed by atoms with Crippen LogP contribution in [0.15, 0.2) is 6.20 Å². The van der Waals surface area contributed by atoms with Gasteiger partial charge in [0, 0.05) is 64.3 Å². The van der Waals surface area contributed by atoms with Gasteiger partial charge in [0.15, 0.2) is 0 Å². The lowest BCUT2D eigenvalue weighted by Crippen LogP contribution is -2.42.